The van der Waals surface area contributed by atoms with Crippen molar-refractivity contribution in [3.05, 3.63) is 58.6 Å². The molecule has 5 heteroatoms. The number of anilines is 1. The summed E-state index contributed by atoms with van der Waals surface area (Å²) >= 11 is 6.06. The lowest BCUT2D eigenvalue weighted by atomic mass is 10.2. The van der Waals surface area contributed by atoms with Crippen molar-refractivity contribution in [1.82, 2.24) is 5.32 Å². The van der Waals surface area contributed by atoms with Gasteiger partial charge in [0.15, 0.2) is 0 Å². The van der Waals surface area contributed by atoms with Gasteiger partial charge in [0.2, 0.25) is 5.91 Å². The number of amides is 1. The molecule has 0 atom stereocenters. The summed E-state index contributed by atoms with van der Waals surface area (Å²) in [6.07, 6.45) is 0. The Morgan fingerprint density at radius 1 is 1.23 bits per heavy atom. The van der Waals surface area contributed by atoms with Gasteiger partial charge in [-0.1, -0.05) is 41.9 Å². The zero-order valence-electron chi connectivity index (χ0n) is 12.7. The maximum Gasteiger partial charge on any atom is 0.239 e. The summed E-state index contributed by atoms with van der Waals surface area (Å²) in [6, 6.07) is 13.4. The molecule has 116 valence electrons. The minimum Gasteiger partial charge on any atom is -0.495 e. The van der Waals surface area contributed by atoms with E-state index in [1.807, 2.05) is 43.3 Å². The molecule has 2 aromatic rings. The first kappa shape index (κ1) is 16.2. The third-order valence-electron chi connectivity index (χ3n) is 3.25. The quantitative estimate of drug-likeness (QED) is 0.858. The molecule has 0 aliphatic heterocycles. The van der Waals surface area contributed by atoms with Gasteiger partial charge in [-0.3, -0.25) is 4.79 Å². The summed E-state index contributed by atoms with van der Waals surface area (Å²) in [5.41, 5.74) is 2.74. The molecule has 0 spiro atoms. The molecule has 2 rings (SSSR count). The summed E-state index contributed by atoms with van der Waals surface area (Å²) < 4.78 is 5.26. The van der Waals surface area contributed by atoms with Crippen LogP contribution in [-0.4, -0.2) is 19.6 Å². The fourth-order valence-electron chi connectivity index (χ4n) is 2.00. The van der Waals surface area contributed by atoms with Crippen molar-refractivity contribution in [2.75, 3.05) is 19.0 Å². The monoisotopic (exact) mass is 318 g/mol. The van der Waals surface area contributed by atoms with Crippen LogP contribution in [0, 0.1) is 6.92 Å². The van der Waals surface area contributed by atoms with Crippen LogP contribution in [0.3, 0.4) is 0 Å². The Hall–Kier alpha value is -2.20. The molecular formula is C17H19ClN2O2. The Balaban J connectivity index is 1.90. The number of hydrogen-bond acceptors (Lipinski definition) is 3. The molecule has 1 amide bonds. The molecular weight excluding hydrogens is 300 g/mol. The zero-order chi connectivity index (χ0) is 15.9. The van der Waals surface area contributed by atoms with Crippen molar-refractivity contribution >= 4 is 23.2 Å². The normalized spacial score (nSPS) is 10.1. The van der Waals surface area contributed by atoms with Crippen LogP contribution in [0.25, 0.3) is 0 Å². The summed E-state index contributed by atoms with van der Waals surface area (Å²) in [7, 11) is 1.57. The van der Waals surface area contributed by atoms with Crippen LogP contribution in [0.5, 0.6) is 5.75 Å². The molecule has 0 aliphatic rings. The van der Waals surface area contributed by atoms with Crippen LogP contribution in [0.15, 0.2) is 42.5 Å². The molecule has 22 heavy (non-hydrogen) atoms. The molecule has 0 saturated carbocycles. The van der Waals surface area contributed by atoms with E-state index in [0.29, 0.717) is 17.3 Å². The second-order valence-corrected chi connectivity index (χ2v) is 5.32. The molecule has 2 aromatic carbocycles. The summed E-state index contributed by atoms with van der Waals surface area (Å²) in [5.74, 6) is 0.532. The Kier molecular flexibility index (Phi) is 5.67. The number of ether oxygens (including phenoxy) is 1. The van der Waals surface area contributed by atoms with E-state index in [1.54, 1.807) is 13.2 Å². The predicted octanol–water partition coefficient (Wildman–Crippen LogP) is 3.39. The third-order valence-corrected chi connectivity index (χ3v) is 3.66. The molecule has 0 radical (unpaired) electrons. The molecule has 0 fully saturated rings. The topological polar surface area (TPSA) is 50.4 Å². The Morgan fingerprint density at radius 3 is 2.64 bits per heavy atom. The summed E-state index contributed by atoms with van der Waals surface area (Å²) in [6.45, 7) is 2.59. The predicted molar refractivity (Wildman–Crippen MR) is 89.5 cm³/mol. The minimum atomic E-state index is -0.0847. The first-order chi connectivity index (χ1) is 10.6. The Bertz CT molecular complexity index is 645. The van der Waals surface area contributed by atoms with E-state index < -0.39 is 0 Å². The molecule has 4 nitrogen and oxygen atoms in total. The molecule has 0 heterocycles. The number of methoxy groups -OCH3 is 1. The maximum atomic E-state index is 11.9. The van der Waals surface area contributed by atoms with Gasteiger partial charge in [0, 0.05) is 17.6 Å². The highest BCUT2D eigenvalue weighted by Gasteiger charge is 2.08. The number of carbonyl (C=O) groups is 1. The van der Waals surface area contributed by atoms with Crippen LogP contribution >= 0.6 is 11.6 Å². The van der Waals surface area contributed by atoms with Crippen molar-refractivity contribution < 1.29 is 9.53 Å². The third kappa shape index (κ3) is 4.40. The largest absolute Gasteiger partial charge is 0.495 e. The first-order valence-corrected chi connectivity index (χ1v) is 7.36. The lowest BCUT2D eigenvalue weighted by molar-refractivity contribution is -0.119. The van der Waals surface area contributed by atoms with Crippen LogP contribution < -0.4 is 15.4 Å². The van der Waals surface area contributed by atoms with Crippen molar-refractivity contribution in [2.24, 2.45) is 0 Å². The standard InChI is InChI=1S/C17H19ClN2O2/c1-12-8-15(16(22-2)9-14(12)18)19-11-17(21)20-10-13-6-4-3-5-7-13/h3-9,19H,10-11H2,1-2H3,(H,20,21). The lowest BCUT2D eigenvalue weighted by Gasteiger charge is -2.13. The highest BCUT2D eigenvalue weighted by Crippen LogP contribution is 2.30. The average Bonchev–Trinajstić information content (AvgIpc) is 2.54. The second kappa shape index (κ2) is 7.71. The van der Waals surface area contributed by atoms with Gasteiger partial charge >= 0.3 is 0 Å². The Morgan fingerprint density at radius 2 is 1.95 bits per heavy atom. The molecule has 0 saturated heterocycles. The van der Waals surface area contributed by atoms with Crippen LogP contribution in [-0.2, 0) is 11.3 Å². The maximum absolute atomic E-state index is 11.9. The van der Waals surface area contributed by atoms with Gasteiger partial charge in [-0.15, -0.1) is 0 Å². The van der Waals surface area contributed by atoms with E-state index in [2.05, 4.69) is 10.6 Å². The van der Waals surface area contributed by atoms with E-state index in [0.717, 1.165) is 16.8 Å². The number of halogens is 1. The van der Waals surface area contributed by atoms with Crippen molar-refractivity contribution in [1.29, 1.82) is 0 Å². The molecule has 2 N–H and O–H groups in total. The van der Waals surface area contributed by atoms with Crippen molar-refractivity contribution in [3.8, 4) is 5.75 Å². The summed E-state index contributed by atoms with van der Waals surface area (Å²) in [5, 5.41) is 6.57. The zero-order valence-corrected chi connectivity index (χ0v) is 13.4. The lowest BCUT2D eigenvalue weighted by Crippen LogP contribution is -2.29. The van der Waals surface area contributed by atoms with Crippen molar-refractivity contribution in [3.63, 3.8) is 0 Å². The summed E-state index contributed by atoms with van der Waals surface area (Å²) in [4.78, 5) is 11.9. The number of benzene rings is 2. The molecule has 0 bridgehead atoms. The fraction of sp³-hybridized carbons (Fsp3) is 0.235. The molecule has 0 aromatic heterocycles. The van der Waals surface area contributed by atoms with Gasteiger partial charge in [-0.05, 0) is 24.1 Å². The van der Waals surface area contributed by atoms with E-state index in [9.17, 15) is 4.79 Å². The van der Waals surface area contributed by atoms with Gasteiger partial charge in [0.25, 0.3) is 0 Å². The fourth-order valence-corrected chi connectivity index (χ4v) is 2.16. The van der Waals surface area contributed by atoms with E-state index >= 15 is 0 Å². The van der Waals surface area contributed by atoms with Gasteiger partial charge in [-0.25, -0.2) is 0 Å². The number of aryl methyl sites for hydroxylation is 1. The molecule has 0 aliphatic carbocycles. The second-order valence-electron chi connectivity index (χ2n) is 4.92. The Labute approximate surface area is 135 Å². The van der Waals surface area contributed by atoms with Gasteiger partial charge < -0.3 is 15.4 Å². The van der Waals surface area contributed by atoms with Gasteiger partial charge in [-0.2, -0.15) is 0 Å². The van der Waals surface area contributed by atoms with Gasteiger partial charge in [0.05, 0.1) is 19.3 Å². The number of carbonyl (C=O) groups excluding carboxylic acids is 1. The number of hydrogen-bond donors (Lipinski definition) is 2. The van der Waals surface area contributed by atoms with Crippen LogP contribution in [0.1, 0.15) is 11.1 Å². The highest BCUT2D eigenvalue weighted by molar-refractivity contribution is 6.31. The first-order valence-electron chi connectivity index (χ1n) is 6.99. The van der Waals surface area contributed by atoms with E-state index in [-0.39, 0.29) is 12.5 Å². The van der Waals surface area contributed by atoms with Crippen LogP contribution in [0.2, 0.25) is 5.02 Å². The average molecular weight is 319 g/mol. The van der Waals surface area contributed by atoms with Crippen molar-refractivity contribution in [2.45, 2.75) is 13.5 Å². The van der Waals surface area contributed by atoms with E-state index in [4.69, 9.17) is 16.3 Å². The number of nitrogens with one attached hydrogen (secondary N) is 2. The number of rotatable bonds is 6. The minimum absolute atomic E-state index is 0.0847. The van der Waals surface area contributed by atoms with Crippen LogP contribution in [0.4, 0.5) is 5.69 Å². The smallest absolute Gasteiger partial charge is 0.239 e. The SMILES string of the molecule is COc1cc(Cl)c(C)cc1NCC(=O)NCc1ccccc1. The highest BCUT2D eigenvalue weighted by atomic mass is 35.5. The molecule has 0 unspecified atom stereocenters. The van der Waals surface area contributed by atoms with Gasteiger partial charge in [0.1, 0.15) is 5.75 Å². The van der Waals surface area contributed by atoms with E-state index in [1.165, 1.54) is 0 Å².